The normalized spacial score (nSPS) is 21.7. The van der Waals surface area contributed by atoms with Gasteiger partial charge in [-0.3, -0.25) is 9.69 Å². The van der Waals surface area contributed by atoms with E-state index in [0.29, 0.717) is 25.4 Å². The van der Waals surface area contributed by atoms with Crippen molar-refractivity contribution in [3.8, 4) is 0 Å². The Balaban J connectivity index is 1.96. The van der Waals surface area contributed by atoms with E-state index in [9.17, 15) is 4.79 Å². The largest absolute Gasteiger partial charge is 0.355 e. The van der Waals surface area contributed by atoms with Crippen LogP contribution >= 0.6 is 11.8 Å². The van der Waals surface area contributed by atoms with Gasteiger partial charge in [-0.25, -0.2) is 0 Å². The molecule has 2 heterocycles. The summed E-state index contributed by atoms with van der Waals surface area (Å²) < 4.78 is 5.21. The number of nitrogens with zero attached hydrogens (tertiary/aromatic N) is 3. The van der Waals surface area contributed by atoms with E-state index in [1.807, 2.05) is 6.26 Å². The second-order valence-electron chi connectivity index (χ2n) is 4.41. The van der Waals surface area contributed by atoms with E-state index in [4.69, 9.17) is 4.52 Å². The van der Waals surface area contributed by atoms with Crippen molar-refractivity contribution >= 4 is 17.7 Å². The fraction of sp³-hybridized carbons (Fsp3) is 0.727. The summed E-state index contributed by atoms with van der Waals surface area (Å²) in [7, 11) is 0. The SMILES string of the molecule is CSCc1noc(CN2CCC(=O)NC[C@H]2C)n1. The van der Waals surface area contributed by atoms with E-state index in [1.54, 1.807) is 11.8 Å². The summed E-state index contributed by atoms with van der Waals surface area (Å²) in [5.41, 5.74) is 0. The highest BCUT2D eigenvalue weighted by Crippen LogP contribution is 2.11. The van der Waals surface area contributed by atoms with Crippen LogP contribution in [0.4, 0.5) is 0 Å². The third-order valence-electron chi connectivity index (χ3n) is 2.97. The third kappa shape index (κ3) is 3.46. The van der Waals surface area contributed by atoms with Crippen LogP contribution in [0.25, 0.3) is 0 Å². The molecule has 1 aromatic rings. The van der Waals surface area contributed by atoms with Crippen LogP contribution < -0.4 is 5.32 Å². The predicted octanol–water partition coefficient (Wildman–Crippen LogP) is 0.643. The topological polar surface area (TPSA) is 71.3 Å². The van der Waals surface area contributed by atoms with Gasteiger partial charge < -0.3 is 9.84 Å². The number of hydrogen-bond donors (Lipinski definition) is 1. The first-order valence-electron chi connectivity index (χ1n) is 6.00. The summed E-state index contributed by atoms with van der Waals surface area (Å²) >= 11 is 1.67. The predicted molar refractivity (Wildman–Crippen MR) is 69.0 cm³/mol. The number of hydrogen-bond acceptors (Lipinski definition) is 6. The zero-order valence-corrected chi connectivity index (χ0v) is 11.5. The van der Waals surface area contributed by atoms with Gasteiger partial charge in [-0.2, -0.15) is 16.7 Å². The van der Waals surface area contributed by atoms with Gasteiger partial charge in [0.25, 0.3) is 0 Å². The number of rotatable bonds is 4. The smallest absolute Gasteiger partial charge is 0.240 e. The molecule has 0 unspecified atom stereocenters. The van der Waals surface area contributed by atoms with Crippen LogP contribution in [0.1, 0.15) is 25.1 Å². The van der Waals surface area contributed by atoms with E-state index in [1.165, 1.54) is 0 Å². The van der Waals surface area contributed by atoms with Crippen molar-refractivity contribution in [3.63, 3.8) is 0 Å². The Morgan fingerprint density at radius 3 is 3.22 bits per heavy atom. The molecule has 1 aromatic heterocycles. The van der Waals surface area contributed by atoms with Crippen LogP contribution in [0.5, 0.6) is 0 Å². The molecule has 0 radical (unpaired) electrons. The number of aromatic nitrogens is 2. The van der Waals surface area contributed by atoms with Gasteiger partial charge in [-0.05, 0) is 13.2 Å². The molecular weight excluding hydrogens is 252 g/mol. The minimum Gasteiger partial charge on any atom is -0.355 e. The minimum absolute atomic E-state index is 0.109. The second-order valence-corrected chi connectivity index (χ2v) is 5.28. The van der Waals surface area contributed by atoms with Crippen LogP contribution in [0.2, 0.25) is 0 Å². The van der Waals surface area contributed by atoms with Gasteiger partial charge in [-0.15, -0.1) is 0 Å². The molecule has 100 valence electrons. The number of thioether (sulfide) groups is 1. The van der Waals surface area contributed by atoms with Crippen molar-refractivity contribution in [1.29, 1.82) is 0 Å². The van der Waals surface area contributed by atoms with Gasteiger partial charge in [0.2, 0.25) is 11.8 Å². The summed E-state index contributed by atoms with van der Waals surface area (Å²) in [6.07, 6.45) is 2.53. The van der Waals surface area contributed by atoms with Crippen molar-refractivity contribution in [2.45, 2.75) is 31.7 Å². The first-order chi connectivity index (χ1) is 8.69. The Labute approximate surface area is 110 Å². The molecule has 0 aromatic carbocycles. The number of nitrogens with one attached hydrogen (secondary N) is 1. The zero-order chi connectivity index (χ0) is 13.0. The van der Waals surface area contributed by atoms with Gasteiger partial charge in [0.1, 0.15) is 0 Å². The summed E-state index contributed by atoms with van der Waals surface area (Å²) in [4.78, 5) is 17.8. The first-order valence-corrected chi connectivity index (χ1v) is 7.39. The van der Waals surface area contributed by atoms with Gasteiger partial charge in [0, 0.05) is 25.6 Å². The lowest BCUT2D eigenvalue weighted by atomic mass is 10.3. The highest BCUT2D eigenvalue weighted by atomic mass is 32.2. The molecule has 1 saturated heterocycles. The molecule has 7 heteroatoms. The van der Waals surface area contributed by atoms with Gasteiger partial charge in [0.05, 0.1) is 12.3 Å². The third-order valence-corrected chi connectivity index (χ3v) is 3.51. The van der Waals surface area contributed by atoms with E-state index >= 15 is 0 Å². The van der Waals surface area contributed by atoms with Gasteiger partial charge in [0.15, 0.2) is 5.82 Å². The Bertz CT molecular complexity index is 410. The van der Waals surface area contributed by atoms with Crippen molar-refractivity contribution in [1.82, 2.24) is 20.4 Å². The number of carbonyl (C=O) groups excluding carboxylic acids is 1. The summed E-state index contributed by atoms with van der Waals surface area (Å²) in [6.45, 7) is 4.10. The molecule has 2 rings (SSSR count). The lowest BCUT2D eigenvalue weighted by Gasteiger charge is -2.24. The number of amides is 1. The first kappa shape index (κ1) is 13.4. The molecule has 6 nitrogen and oxygen atoms in total. The average molecular weight is 270 g/mol. The highest BCUT2D eigenvalue weighted by Gasteiger charge is 2.22. The van der Waals surface area contributed by atoms with Crippen LogP contribution in [0, 0.1) is 0 Å². The Hall–Kier alpha value is -1.08. The molecule has 1 fully saturated rings. The summed E-state index contributed by atoms with van der Waals surface area (Å²) in [5, 5.41) is 6.80. The van der Waals surface area contributed by atoms with E-state index < -0.39 is 0 Å². The van der Waals surface area contributed by atoms with Crippen LogP contribution in [0.15, 0.2) is 4.52 Å². The monoisotopic (exact) mass is 270 g/mol. The van der Waals surface area contributed by atoms with Gasteiger partial charge >= 0.3 is 0 Å². The van der Waals surface area contributed by atoms with E-state index in [-0.39, 0.29) is 11.9 Å². The Kier molecular flexibility index (Phi) is 4.60. The molecule has 0 aliphatic carbocycles. The molecule has 1 aliphatic rings. The molecule has 0 spiro atoms. The molecule has 1 amide bonds. The maximum absolute atomic E-state index is 11.3. The summed E-state index contributed by atoms with van der Waals surface area (Å²) in [6, 6.07) is 0.285. The molecule has 0 saturated carbocycles. The fourth-order valence-electron chi connectivity index (χ4n) is 1.90. The van der Waals surface area contributed by atoms with Crippen molar-refractivity contribution in [2.75, 3.05) is 19.3 Å². The Morgan fingerprint density at radius 1 is 1.61 bits per heavy atom. The minimum atomic E-state index is 0.109. The quantitative estimate of drug-likeness (QED) is 0.866. The number of carbonyl (C=O) groups is 1. The van der Waals surface area contributed by atoms with Crippen molar-refractivity contribution in [3.05, 3.63) is 11.7 Å². The average Bonchev–Trinajstić information content (AvgIpc) is 2.72. The molecule has 1 aliphatic heterocycles. The molecule has 18 heavy (non-hydrogen) atoms. The zero-order valence-electron chi connectivity index (χ0n) is 10.7. The maximum atomic E-state index is 11.3. The molecule has 1 N–H and O–H groups in total. The van der Waals surface area contributed by atoms with E-state index in [2.05, 4.69) is 27.3 Å². The molecule has 0 bridgehead atoms. The second kappa shape index (κ2) is 6.19. The summed E-state index contributed by atoms with van der Waals surface area (Å²) in [5.74, 6) is 2.23. The highest BCUT2D eigenvalue weighted by molar-refractivity contribution is 7.97. The van der Waals surface area contributed by atoms with E-state index in [0.717, 1.165) is 18.1 Å². The van der Waals surface area contributed by atoms with Gasteiger partial charge in [-0.1, -0.05) is 5.16 Å². The van der Waals surface area contributed by atoms with Crippen LogP contribution in [-0.2, 0) is 17.1 Å². The lowest BCUT2D eigenvalue weighted by Crippen LogP contribution is -2.37. The van der Waals surface area contributed by atoms with Crippen LogP contribution in [-0.4, -0.2) is 46.3 Å². The Morgan fingerprint density at radius 2 is 2.44 bits per heavy atom. The maximum Gasteiger partial charge on any atom is 0.240 e. The lowest BCUT2D eigenvalue weighted by molar-refractivity contribution is -0.120. The van der Waals surface area contributed by atoms with Crippen LogP contribution in [0.3, 0.4) is 0 Å². The van der Waals surface area contributed by atoms with Crippen molar-refractivity contribution in [2.24, 2.45) is 0 Å². The van der Waals surface area contributed by atoms with Crippen molar-refractivity contribution < 1.29 is 9.32 Å². The molecule has 1 atom stereocenters. The fourth-order valence-corrected chi connectivity index (χ4v) is 2.27. The standard InChI is InChI=1S/C11H18N4O2S/c1-8-5-12-10(16)3-4-15(8)6-11-13-9(7-18-2)14-17-11/h8H,3-7H2,1-2H3,(H,12,16)/t8-/m1/s1. The molecular formula is C11H18N4O2S.